The predicted octanol–water partition coefficient (Wildman–Crippen LogP) is 13.8. The molecule has 0 bridgehead atoms. The Morgan fingerprint density at radius 2 is 0.942 bits per heavy atom. The second kappa shape index (κ2) is 13.2. The van der Waals surface area contributed by atoms with Gasteiger partial charge in [0.05, 0.1) is 0 Å². The normalized spacial score (nSPS) is 15.6. The van der Waals surface area contributed by atoms with E-state index in [9.17, 15) is 0 Å². The zero-order valence-electron chi connectivity index (χ0n) is 29.7. The monoisotopic (exact) mass is 667 g/mol. The third-order valence-electron chi connectivity index (χ3n) is 11.0. The minimum atomic E-state index is -0.0835. The Kier molecular flexibility index (Phi) is 8.05. The Morgan fingerprint density at radius 3 is 1.62 bits per heavy atom. The van der Waals surface area contributed by atoms with Gasteiger partial charge >= 0.3 is 0 Å². The number of allylic oxidation sites excluding steroid dienone is 4. The van der Waals surface area contributed by atoms with Crippen molar-refractivity contribution in [3.05, 3.63) is 222 Å². The van der Waals surface area contributed by atoms with Gasteiger partial charge in [-0.3, -0.25) is 0 Å². The maximum Gasteiger partial charge on any atom is 0.0465 e. The summed E-state index contributed by atoms with van der Waals surface area (Å²) in [5, 5.41) is 0. The van der Waals surface area contributed by atoms with Crippen molar-refractivity contribution >= 4 is 28.2 Å². The molecule has 0 aliphatic heterocycles. The number of rotatable bonds is 7. The maximum absolute atomic E-state index is 2.47. The van der Waals surface area contributed by atoms with Crippen LogP contribution in [0.1, 0.15) is 54.0 Å². The number of fused-ring (bicyclic) bond motifs is 3. The van der Waals surface area contributed by atoms with Crippen LogP contribution in [0.5, 0.6) is 0 Å². The van der Waals surface area contributed by atoms with Crippen molar-refractivity contribution in [2.75, 3.05) is 4.90 Å². The Balaban J connectivity index is 1.12. The van der Waals surface area contributed by atoms with Crippen LogP contribution in [0.15, 0.2) is 194 Å². The van der Waals surface area contributed by atoms with Crippen molar-refractivity contribution in [1.82, 2.24) is 0 Å². The number of benzene rings is 7. The lowest BCUT2D eigenvalue weighted by Gasteiger charge is -2.29. The smallest absolute Gasteiger partial charge is 0.0465 e. The molecule has 7 aromatic carbocycles. The van der Waals surface area contributed by atoms with Crippen molar-refractivity contribution in [2.24, 2.45) is 0 Å². The molecular formula is C51H41N. The van der Waals surface area contributed by atoms with Gasteiger partial charge in [0.15, 0.2) is 0 Å². The summed E-state index contributed by atoms with van der Waals surface area (Å²) < 4.78 is 0. The highest BCUT2D eigenvalue weighted by Crippen LogP contribution is 2.51. The highest BCUT2D eigenvalue weighted by Gasteiger charge is 2.35. The molecule has 0 fully saturated rings. The minimum Gasteiger partial charge on any atom is -0.310 e. The van der Waals surface area contributed by atoms with Crippen molar-refractivity contribution in [3.63, 3.8) is 0 Å². The molecule has 0 spiro atoms. The van der Waals surface area contributed by atoms with Crippen molar-refractivity contribution in [1.29, 1.82) is 0 Å². The van der Waals surface area contributed by atoms with Gasteiger partial charge in [0, 0.05) is 28.4 Å². The summed E-state index contributed by atoms with van der Waals surface area (Å²) in [6, 6.07) is 66.4. The van der Waals surface area contributed by atoms with E-state index in [4.69, 9.17) is 0 Å². The van der Waals surface area contributed by atoms with Crippen LogP contribution in [-0.4, -0.2) is 0 Å². The third-order valence-corrected chi connectivity index (χ3v) is 11.0. The molecule has 52 heavy (non-hydrogen) atoms. The van der Waals surface area contributed by atoms with Crippen molar-refractivity contribution in [3.8, 4) is 22.3 Å². The first kappa shape index (κ1) is 31.8. The SMILES string of the molecule is CC1(C)c2ccccc2-c2ccc(N(c3ccc(C4=CCC(c5ccccc5)C=C4c4ccccc4)cc3)c3ccc(-c4ccccc4)cc3)cc21. The van der Waals surface area contributed by atoms with E-state index in [1.807, 2.05) is 0 Å². The highest BCUT2D eigenvalue weighted by atomic mass is 15.1. The van der Waals surface area contributed by atoms with E-state index in [1.165, 1.54) is 61.2 Å². The van der Waals surface area contributed by atoms with Gasteiger partial charge in [-0.1, -0.05) is 172 Å². The molecule has 250 valence electrons. The summed E-state index contributed by atoms with van der Waals surface area (Å²) in [5.41, 5.74) is 17.6. The Hall–Kier alpha value is -6.18. The van der Waals surface area contributed by atoms with E-state index in [-0.39, 0.29) is 5.41 Å². The van der Waals surface area contributed by atoms with Gasteiger partial charge in [-0.25, -0.2) is 0 Å². The molecule has 2 aliphatic carbocycles. The van der Waals surface area contributed by atoms with Gasteiger partial charge in [0.1, 0.15) is 0 Å². The van der Waals surface area contributed by atoms with E-state index in [2.05, 4.69) is 213 Å². The topological polar surface area (TPSA) is 3.24 Å². The van der Waals surface area contributed by atoms with Gasteiger partial charge in [0.2, 0.25) is 0 Å². The standard InChI is InChI=1S/C51H41N/c1-51(2)49-21-13-12-20-46(49)47-33-31-44(35-50(47)51)52(42-27-22-38(23-28-42)36-14-6-3-7-15-36)43-29-24-40(25-30-43)45-32-26-41(37-16-8-4-9-17-37)34-48(45)39-18-10-5-11-19-39/h3-25,27-35,41H,26H2,1-2H3. The molecule has 7 aromatic rings. The molecular weight excluding hydrogens is 627 g/mol. The summed E-state index contributed by atoms with van der Waals surface area (Å²) in [5.74, 6) is 0.351. The minimum absolute atomic E-state index is 0.0835. The van der Waals surface area contributed by atoms with E-state index >= 15 is 0 Å². The first-order chi connectivity index (χ1) is 25.5. The molecule has 0 heterocycles. The van der Waals surface area contributed by atoms with E-state index in [0.717, 1.165) is 23.5 Å². The zero-order valence-corrected chi connectivity index (χ0v) is 29.7. The molecule has 1 unspecified atom stereocenters. The summed E-state index contributed by atoms with van der Waals surface area (Å²) in [4.78, 5) is 2.41. The molecule has 0 amide bonds. The number of hydrogen-bond donors (Lipinski definition) is 0. The van der Waals surface area contributed by atoms with Gasteiger partial charge < -0.3 is 4.90 Å². The zero-order chi connectivity index (χ0) is 35.1. The van der Waals surface area contributed by atoms with E-state index in [0.29, 0.717) is 5.92 Å². The Bertz CT molecular complexity index is 2420. The molecule has 1 nitrogen and oxygen atoms in total. The Labute approximate surface area is 307 Å². The average Bonchev–Trinajstić information content (AvgIpc) is 3.45. The van der Waals surface area contributed by atoms with Crippen molar-refractivity contribution < 1.29 is 0 Å². The van der Waals surface area contributed by atoms with Crippen LogP contribution in [0.3, 0.4) is 0 Å². The fourth-order valence-corrected chi connectivity index (χ4v) is 8.29. The largest absolute Gasteiger partial charge is 0.310 e. The molecule has 9 rings (SSSR count). The molecule has 1 heteroatoms. The lowest BCUT2D eigenvalue weighted by Crippen LogP contribution is -2.16. The summed E-state index contributed by atoms with van der Waals surface area (Å²) in [6.07, 6.45) is 5.89. The van der Waals surface area contributed by atoms with Gasteiger partial charge in [-0.05, 0) is 104 Å². The lowest BCUT2D eigenvalue weighted by atomic mass is 9.81. The predicted molar refractivity (Wildman–Crippen MR) is 220 cm³/mol. The first-order valence-corrected chi connectivity index (χ1v) is 18.4. The Morgan fingerprint density at radius 1 is 0.442 bits per heavy atom. The van der Waals surface area contributed by atoms with Crippen LogP contribution in [0.4, 0.5) is 17.1 Å². The van der Waals surface area contributed by atoms with E-state index < -0.39 is 0 Å². The van der Waals surface area contributed by atoms with Crippen LogP contribution in [0, 0.1) is 0 Å². The highest BCUT2D eigenvalue weighted by molar-refractivity contribution is 6.06. The molecule has 1 atom stereocenters. The van der Waals surface area contributed by atoms with Gasteiger partial charge in [-0.15, -0.1) is 0 Å². The van der Waals surface area contributed by atoms with Gasteiger partial charge in [-0.2, -0.15) is 0 Å². The van der Waals surface area contributed by atoms with Crippen LogP contribution in [0.25, 0.3) is 33.4 Å². The fourth-order valence-electron chi connectivity index (χ4n) is 8.29. The number of hydrogen-bond acceptors (Lipinski definition) is 1. The molecule has 0 saturated heterocycles. The van der Waals surface area contributed by atoms with Crippen LogP contribution >= 0.6 is 0 Å². The summed E-state index contributed by atoms with van der Waals surface area (Å²) in [6.45, 7) is 4.71. The van der Waals surface area contributed by atoms with E-state index in [1.54, 1.807) is 0 Å². The summed E-state index contributed by atoms with van der Waals surface area (Å²) in [7, 11) is 0. The van der Waals surface area contributed by atoms with Crippen LogP contribution in [-0.2, 0) is 5.41 Å². The number of nitrogens with zero attached hydrogens (tertiary/aromatic N) is 1. The second-order valence-electron chi connectivity index (χ2n) is 14.5. The molecule has 0 aromatic heterocycles. The summed E-state index contributed by atoms with van der Waals surface area (Å²) >= 11 is 0. The number of anilines is 3. The molecule has 0 radical (unpaired) electrons. The maximum atomic E-state index is 2.47. The average molecular weight is 668 g/mol. The van der Waals surface area contributed by atoms with Gasteiger partial charge in [0.25, 0.3) is 0 Å². The second-order valence-corrected chi connectivity index (χ2v) is 14.5. The fraction of sp³-hybridized carbons (Fsp3) is 0.0980. The van der Waals surface area contributed by atoms with Crippen molar-refractivity contribution in [2.45, 2.75) is 31.6 Å². The van der Waals surface area contributed by atoms with Crippen LogP contribution in [0.2, 0.25) is 0 Å². The van der Waals surface area contributed by atoms with Crippen LogP contribution < -0.4 is 4.90 Å². The lowest BCUT2D eigenvalue weighted by molar-refractivity contribution is 0.660. The third kappa shape index (κ3) is 5.69. The molecule has 0 N–H and O–H groups in total. The molecule has 0 saturated carbocycles. The quantitative estimate of drug-likeness (QED) is 0.164. The first-order valence-electron chi connectivity index (χ1n) is 18.4. The molecule has 2 aliphatic rings.